The Balaban J connectivity index is 1.71. The van der Waals surface area contributed by atoms with E-state index in [1.807, 2.05) is 18.2 Å². The summed E-state index contributed by atoms with van der Waals surface area (Å²) in [6, 6.07) is 8.16. The van der Waals surface area contributed by atoms with Crippen molar-refractivity contribution in [2.75, 3.05) is 19.6 Å². The van der Waals surface area contributed by atoms with Gasteiger partial charge in [0.1, 0.15) is 11.9 Å². The molecule has 1 aromatic carbocycles. The molecule has 4 rings (SSSR count). The summed E-state index contributed by atoms with van der Waals surface area (Å²) >= 11 is 3.48. The topological polar surface area (TPSA) is 12.5 Å². The highest BCUT2D eigenvalue weighted by Gasteiger charge is 2.35. The monoisotopic (exact) mass is 281 g/mol. The van der Waals surface area contributed by atoms with Crippen molar-refractivity contribution in [2.24, 2.45) is 5.92 Å². The van der Waals surface area contributed by atoms with E-state index in [2.05, 4.69) is 26.9 Å². The van der Waals surface area contributed by atoms with Crippen LogP contribution >= 0.6 is 15.9 Å². The van der Waals surface area contributed by atoms with Gasteiger partial charge in [0.15, 0.2) is 0 Å². The van der Waals surface area contributed by atoms with Gasteiger partial charge >= 0.3 is 0 Å². The second-order valence-electron chi connectivity index (χ2n) is 4.75. The molecule has 3 saturated heterocycles. The quantitative estimate of drug-likeness (QED) is 0.827. The summed E-state index contributed by atoms with van der Waals surface area (Å²) in [5, 5.41) is 0. The zero-order valence-electron chi connectivity index (χ0n) is 9.23. The molecular formula is C13H16BrNO. The van der Waals surface area contributed by atoms with Crippen LogP contribution in [0.25, 0.3) is 0 Å². The molecule has 2 bridgehead atoms. The Labute approximate surface area is 105 Å². The first-order chi connectivity index (χ1) is 7.81. The Hall–Kier alpha value is -0.540. The Morgan fingerprint density at radius 1 is 1.25 bits per heavy atom. The van der Waals surface area contributed by atoms with Crippen LogP contribution in [-0.2, 0) is 0 Å². The highest BCUT2D eigenvalue weighted by atomic mass is 79.9. The lowest BCUT2D eigenvalue weighted by molar-refractivity contribution is -0.00778. The van der Waals surface area contributed by atoms with E-state index in [4.69, 9.17) is 4.74 Å². The highest BCUT2D eigenvalue weighted by Crippen LogP contribution is 2.31. The van der Waals surface area contributed by atoms with E-state index in [0.29, 0.717) is 6.10 Å². The van der Waals surface area contributed by atoms with Gasteiger partial charge in [-0.3, -0.25) is 4.90 Å². The lowest BCUT2D eigenvalue weighted by atomic mass is 9.86. The zero-order chi connectivity index (χ0) is 11.0. The summed E-state index contributed by atoms with van der Waals surface area (Å²) in [7, 11) is 0. The summed E-state index contributed by atoms with van der Waals surface area (Å²) in [4.78, 5) is 2.52. The van der Waals surface area contributed by atoms with Gasteiger partial charge in [-0.05, 0) is 50.0 Å². The molecule has 16 heavy (non-hydrogen) atoms. The van der Waals surface area contributed by atoms with Crippen LogP contribution in [0.2, 0.25) is 0 Å². The molecule has 0 aromatic heterocycles. The minimum absolute atomic E-state index is 0.400. The number of halogens is 1. The van der Waals surface area contributed by atoms with Gasteiger partial charge in [0.05, 0.1) is 0 Å². The van der Waals surface area contributed by atoms with Crippen LogP contribution in [0, 0.1) is 5.92 Å². The highest BCUT2D eigenvalue weighted by molar-refractivity contribution is 9.10. The molecule has 1 atom stereocenters. The summed E-state index contributed by atoms with van der Waals surface area (Å²) in [5.74, 6) is 1.76. The molecule has 3 heterocycles. The molecule has 0 aliphatic carbocycles. The number of nitrogens with zero attached hydrogens (tertiary/aromatic N) is 1. The van der Waals surface area contributed by atoms with Gasteiger partial charge in [0.2, 0.25) is 0 Å². The zero-order valence-corrected chi connectivity index (χ0v) is 10.8. The van der Waals surface area contributed by atoms with Crippen LogP contribution in [0.1, 0.15) is 12.8 Å². The summed E-state index contributed by atoms with van der Waals surface area (Å²) < 4.78 is 7.19. The SMILES string of the molecule is Brc1cccc(O[C@H]2CN3CCC2CC3)c1. The third kappa shape index (κ3) is 2.11. The number of fused-ring (bicyclic) bond motifs is 3. The standard InChI is InChI=1S/C13H16BrNO/c14-11-2-1-3-12(8-11)16-13-9-15-6-4-10(13)5-7-15/h1-3,8,10,13H,4-7,9H2/t13-/m0/s1. The summed E-state index contributed by atoms with van der Waals surface area (Å²) in [6.45, 7) is 3.64. The van der Waals surface area contributed by atoms with Crippen LogP contribution in [0.5, 0.6) is 5.75 Å². The lowest BCUT2D eigenvalue weighted by Crippen LogP contribution is -2.52. The minimum atomic E-state index is 0.400. The third-order valence-corrected chi connectivity index (χ3v) is 4.17. The molecule has 3 aliphatic heterocycles. The molecule has 1 aromatic rings. The average molecular weight is 282 g/mol. The molecule has 3 fully saturated rings. The van der Waals surface area contributed by atoms with Crippen molar-refractivity contribution in [1.82, 2.24) is 4.90 Å². The predicted molar refractivity (Wildman–Crippen MR) is 67.7 cm³/mol. The van der Waals surface area contributed by atoms with Crippen molar-refractivity contribution in [2.45, 2.75) is 18.9 Å². The number of hydrogen-bond donors (Lipinski definition) is 0. The number of piperidine rings is 3. The van der Waals surface area contributed by atoms with Gasteiger partial charge in [-0.15, -0.1) is 0 Å². The molecule has 0 N–H and O–H groups in total. The Morgan fingerprint density at radius 3 is 2.69 bits per heavy atom. The van der Waals surface area contributed by atoms with Crippen LogP contribution < -0.4 is 4.74 Å². The fourth-order valence-corrected chi connectivity index (χ4v) is 3.14. The van der Waals surface area contributed by atoms with Crippen LogP contribution in [0.3, 0.4) is 0 Å². The summed E-state index contributed by atoms with van der Waals surface area (Å²) in [5.41, 5.74) is 0. The van der Waals surface area contributed by atoms with Crippen LogP contribution in [0.15, 0.2) is 28.7 Å². The van der Waals surface area contributed by atoms with Crippen molar-refractivity contribution >= 4 is 15.9 Å². The number of rotatable bonds is 2. The number of hydrogen-bond acceptors (Lipinski definition) is 2. The number of ether oxygens (including phenoxy) is 1. The normalized spacial score (nSPS) is 32.7. The first kappa shape index (κ1) is 10.6. The molecule has 3 aliphatic rings. The molecule has 3 heteroatoms. The molecule has 2 nitrogen and oxygen atoms in total. The van der Waals surface area contributed by atoms with E-state index in [1.165, 1.54) is 25.9 Å². The second-order valence-corrected chi connectivity index (χ2v) is 5.67. The first-order valence-electron chi connectivity index (χ1n) is 5.96. The maximum Gasteiger partial charge on any atom is 0.120 e. The average Bonchev–Trinajstić information content (AvgIpc) is 2.30. The predicted octanol–water partition coefficient (Wildman–Crippen LogP) is 2.92. The van der Waals surface area contributed by atoms with Crippen molar-refractivity contribution in [3.63, 3.8) is 0 Å². The lowest BCUT2D eigenvalue weighted by Gasteiger charge is -2.44. The molecule has 0 spiro atoms. The Kier molecular flexibility index (Phi) is 2.90. The van der Waals surface area contributed by atoms with E-state index in [0.717, 1.165) is 22.7 Å². The fourth-order valence-electron chi connectivity index (χ4n) is 2.76. The maximum atomic E-state index is 6.10. The van der Waals surface area contributed by atoms with E-state index >= 15 is 0 Å². The minimum Gasteiger partial charge on any atom is -0.489 e. The van der Waals surface area contributed by atoms with E-state index < -0.39 is 0 Å². The molecule has 0 amide bonds. The number of benzene rings is 1. The van der Waals surface area contributed by atoms with Crippen molar-refractivity contribution in [1.29, 1.82) is 0 Å². The fraction of sp³-hybridized carbons (Fsp3) is 0.538. The van der Waals surface area contributed by atoms with Gasteiger partial charge in [0, 0.05) is 11.0 Å². The van der Waals surface area contributed by atoms with Gasteiger partial charge in [-0.1, -0.05) is 22.0 Å². The third-order valence-electron chi connectivity index (χ3n) is 3.68. The second kappa shape index (κ2) is 4.38. The first-order valence-corrected chi connectivity index (χ1v) is 6.75. The van der Waals surface area contributed by atoms with Crippen LogP contribution in [0.4, 0.5) is 0 Å². The van der Waals surface area contributed by atoms with E-state index in [1.54, 1.807) is 0 Å². The van der Waals surface area contributed by atoms with Gasteiger partial charge in [-0.2, -0.15) is 0 Å². The largest absolute Gasteiger partial charge is 0.489 e. The molecular weight excluding hydrogens is 266 g/mol. The van der Waals surface area contributed by atoms with Gasteiger partial charge in [-0.25, -0.2) is 0 Å². The van der Waals surface area contributed by atoms with Crippen molar-refractivity contribution in [3.8, 4) is 5.75 Å². The molecule has 0 saturated carbocycles. The Bertz CT molecular complexity index is 374. The van der Waals surface area contributed by atoms with Gasteiger partial charge in [0.25, 0.3) is 0 Å². The molecule has 86 valence electrons. The Morgan fingerprint density at radius 2 is 2.06 bits per heavy atom. The summed E-state index contributed by atoms with van der Waals surface area (Å²) in [6.07, 6.45) is 3.01. The van der Waals surface area contributed by atoms with Crippen molar-refractivity contribution < 1.29 is 4.74 Å². The van der Waals surface area contributed by atoms with E-state index in [-0.39, 0.29) is 0 Å². The molecule has 0 radical (unpaired) electrons. The van der Waals surface area contributed by atoms with Crippen molar-refractivity contribution in [3.05, 3.63) is 28.7 Å². The van der Waals surface area contributed by atoms with Crippen LogP contribution in [-0.4, -0.2) is 30.6 Å². The molecule has 0 unspecified atom stereocenters. The smallest absolute Gasteiger partial charge is 0.120 e. The van der Waals surface area contributed by atoms with E-state index in [9.17, 15) is 0 Å². The van der Waals surface area contributed by atoms with Gasteiger partial charge < -0.3 is 4.74 Å². The maximum absolute atomic E-state index is 6.10.